The second kappa shape index (κ2) is 9.60. The summed E-state index contributed by atoms with van der Waals surface area (Å²) in [4.78, 5) is 13.9. The number of rotatable bonds is 6. The van der Waals surface area contributed by atoms with Gasteiger partial charge in [0.2, 0.25) is 0 Å². The Bertz CT molecular complexity index is 419. The Morgan fingerprint density at radius 2 is 1.95 bits per heavy atom. The van der Waals surface area contributed by atoms with E-state index in [1.165, 1.54) is 5.56 Å². The van der Waals surface area contributed by atoms with Crippen LogP contribution in [-0.2, 0) is 9.53 Å². The molecule has 2 rings (SSSR count). The molecule has 1 aromatic carbocycles. The predicted octanol–water partition coefficient (Wildman–Crippen LogP) is 1.24. The van der Waals surface area contributed by atoms with Crippen molar-refractivity contribution in [3.05, 3.63) is 29.8 Å². The van der Waals surface area contributed by atoms with Crippen molar-refractivity contribution >= 4 is 18.3 Å². The number of carbonyl (C=O) groups is 1. The van der Waals surface area contributed by atoms with Crippen LogP contribution in [-0.4, -0.2) is 56.8 Å². The van der Waals surface area contributed by atoms with Gasteiger partial charge in [0, 0.05) is 26.2 Å². The maximum Gasteiger partial charge on any atom is 0.257 e. The Kier molecular flexibility index (Phi) is 8.12. The smallest absolute Gasteiger partial charge is 0.257 e. The first-order valence-corrected chi connectivity index (χ1v) is 7.00. The number of nitrogens with one attached hydrogen (secondary N) is 1. The van der Waals surface area contributed by atoms with Gasteiger partial charge in [0.1, 0.15) is 5.75 Å². The van der Waals surface area contributed by atoms with Gasteiger partial charge in [-0.1, -0.05) is 17.7 Å². The van der Waals surface area contributed by atoms with E-state index in [2.05, 4.69) is 10.2 Å². The number of carbonyl (C=O) groups excluding carboxylic acids is 1. The Morgan fingerprint density at radius 3 is 2.62 bits per heavy atom. The number of nitrogens with zero attached hydrogens (tertiary/aromatic N) is 1. The molecule has 1 amide bonds. The van der Waals surface area contributed by atoms with Crippen LogP contribution >= 0.6 is 12.4 Å². The molecule has 1 aliphatic heterocycles. The molecule has 1 saturated heterocycles. The summed E-state index contributed by atoms with van der Waals surface area (Å²) < 4.78 is 10.7. The van der Waals surface area contributed by atoms with E-state index < -0.39 is 0 Å². The highest BCUT2D eigenvalue weighted by atomic mass is 35.5. The summed E-state index contributed by atoms with van der Waals surface area (Å²) >= 11 is 0. The van der Waals surface area contributed by atoms with Crippen molar-refractivity contribution in [2.75, 3.05) is 46.0 Å². The number of halogens is 1. The summed E-state index contributed by atoms with van der Waals surface area (Å²) in [6.07, 6.45) is 0. The van der Waals surface area contributed by atoms with E-state index >= 15 is 0 Å². The first-order chi connectivity index (χ1) is 9.74. The molecule has 0 spiro atoms. The van der Waals surface area contributed by atoms with E-state index in [0.717, 1.165) is 38.6 Å². The van der Waals surface area contributed by atoms with E-state index in [9.17, 15) is 4.79 Å². The molecule has 1 fully saturated rings. The molecule has 0 atom stereocenters. The second-order valence-corrected chi connectivity index (χ2v) is 4.91. The van der Waals surface area contributed by atoms with Crippen molar-refractivity contribution < 1.29 is 14.3 Å². The first-order valence-electron chi connectivity index (χ1n) is 7.00. The van der Waals surface area contributed by atoms with E-state index in [4.69, 9.17) is 9.47 Å². The number of aryl methyl sites for hydroxylation is 1. The lowest BCUT2D eigenvalue weighted by Crippen LogP contribution is -2.42. The number of amides is 1. The highest BCUT2D eigenvalue weighted by molar-refractivity contribution is 5.85. The zero-order valence-electron chi connectivity index (χ0n) is 12.3. The average Bonchev–Trinajstić information content (AvgIpc) is 2.48. The molecule has 0 bridgehead atoms. The van der Waals surface area contributed by atoms with Crippen molar-refractivity contribution in [2.24, 2.45) is 0 Å². The van der Waals surface area contributed by atoms with Crippen molar-refractivity contribution in [1.82, 2.24) is 10.2 Å². The van der Waals surface area contributed by atoms with E-state index in [0.29, 0.717) is 6.54 Å². The van der Waals surface area contributed by atoms with Crippen LogP contribution in [0.3, 0.4) is 0 Å². The molecule has 0 saturated carbocycles. The third-order valence-corrected chi connectivity index (χ3v) is 3.24. The van der Waals surface area contributed by atoms with Gasteiger partial charge < -0.3 is 14.8 Å². The van der Waals surface area contributed by atoms with Crippen LogP contribution in [0.4, 0.5) is 0 Å². The number of hydrogen-bond donors (Lipinski definition) is 1. The maximum absolute atomic E-state index is 11.6. The van der Waals surface area contributed by atoms with Crippen LogP contribution in [0.1, 0.15) is 5.56 Å². The number of hydrogen-bond acceptors (Lipinski definition) is 4. The molecule has 1 N–H and O–H groups in total. The zero-order valence-corrected chi connectivity index (χ0v) is 13.2. The van der Waals surface area contributed by atoms with Crippen LogP contribution in [0, 0.1) is 6.92 Å². The highest BCUT2D eigenvalue weighted by Crippen LogP contribution is 2.10. The Labute approximate surface area is 132 Å². The van der Waals surface area contributed by atoms with Crippen molar-refractivity contribution in [3.63, 3.8) is 0 Å². The summed E-state index contributed by atoms with van der Waals surface area (Å²) in [5, 5.41) is 2.87. The lowest BCUT2D eigenvalue weighted by molar-refractivity contribution is -0.123. The topological polar surface area (TPSA) is 50.8 Å². The third kappa shape index (κ3) is 6.80. The van der Waals surface area contributed by atoms with Crippen LogP contribution in [0.2, 0.25) is 0 Å². The van der Waals surface area contributed by atoms with Crippen molar-refractivity contribution in [3.8, 4) is 5.75 Å². The summed E-state index contributed by atoms with van der Waals surface area (Å²) in [5.74, 6) is 0.637. The summed E-state index contributed by atoms with van der Waals surface area (Å²) in [5.41, 5.74) is 1.17. The number of benzene rings is 1. The standard InChI is InChI=1S/C15H22N2O3.ClH/c1-13-2-4-14(5-3-13)20-12-15(18)16-6-7-17-8-10-19-11-9-17;/h2-5H,6-12H2,1H3,(H,16,18);1H. The lowest BCUT2D eigenvalue weighted by Gasteiger charge is -2.26. The van der Waals surface area contributed by atoms with Gasteiger partial charge in [-0.25, -0.2) is 0 Å². The molecule has 0 radical (unpaired) electrons. The van der Waals surface area contributed by atoms with Crippen LogP contribution < -0.4 is 10.1 Å². The molecule has 1 aromatic rings. The van der Waals surface area contributed by atoms with Gasteiger partial charge in [-0.05, 0) is 19.1 Å². The minimum absolute atomic E-state index is 0. The Balaban J connectivity index is 0.00000220. The normalized spacial score (nSPS) is 15.1. The summed E-state index contributed by atoms with van der Waals surface area (Å²) in [6, 6.07) is 7.67. The third-order valence-electron chi connectivity index (χ3n) is 3.24. The fraction of sp³-hybridized carbons (Fsp3) is 0.533. The quantitative estimate of drug-likeness (QED) is 0.858. The van der Waals surface area contributed by atoms with Crippen LogP contribution in [0.5, 0.6) is 5.75 Å². The fourth-order valence-corrected chi connectivity index (χ4v) is 2.01. The Hall–Kier alpha value is -1.30. The molecule has 6 heteroatoms. The predicted molar refractivity (Wildman–Crippen MR) is 84.2 cm³/mol. The lowest BCUT2D eigenvalue weighted by atomic mass is 10.2. The van der Waals surface area contributed by atoms with Gasteiger partial charge in [-0.3, -0.25) is 9.69 Å². The van der Waals surface area contributed by atoms with Crippen LogP contribution in [0.15, 0.2) is 24.3 Å². The average molecular weight is 315 g/mol. The van der Waals surface area contributed by atoms with Gasteiger partial charge >= 0.3 is 0 Å². The molecular formula is C15H23ClN2O3. The fourth-order valence-electron chi connectivity index (χ4n) is 2.01. The molecule has 1 aliphatic rings. The van der Waals surface area contributed by atoms with Crippen molar-refractivity contribution in [1.29, 1.82) is 0 Å². The SMILES string of the molecule is Cc1ccc(OCC(=O)NCCN2CCOCC2)cc1.Cl. The minimum Gasteiger partial charge on any atom is -0.484 e. The second-order valence-electron chi connectivity index (χ2n) is 4.91. The van der Waals surface area contributed by atoms with Gasteiger partial charge in [0.15, 0.2) is 6.61 Å². The molecule has 1 heterocycles. The molecular weight excluding hydrogens is 292 g/mol. The van der Waals surface area contributed by atoms with E-state index in [-0.39, 0.29) is 24.9 Å². The molecule has 0 aliphatic carbocycles. The van der Waals surface area contributed by atoms with Gasteiger partial charge in [0.25, 0.3) is 5.91 Å². The summed E-state index contributed by atoms with van der Waals surface area (Å²) in [6.45, 7) is 7.03. The van der Waals surface area contributed by atoms with E-state index in [1.807, 2.05) is 31.2 Å². The van der Waals surface area contributed by atoms with Gasteiger partial charge in [-0.15, -0.1) is 12.4 Å². The number of ether oxygens (including phenoxy) is 2. The molecule has 118 valence electrons. The van der Waals surface area contributed by atoms with E-state index in [1.54, 1.807) is 0 Å². The van der Waals surface area contributed by atoms with Gasteiger partial charge in [0.05, 0.1) is 13.2 Å². The molecule has 5 nitrogen and oxygen atoms in total. The zero-order chi connectivity index (χ0) is 14.2. The van der Waals surface area contributed by atoms with Crippen LogP contribution in [0.25, 0.3) is 0 Å². The molecule has 21 heavy (non-hydrogen) atoms. The molecule has 0 unspecified atom stereocenters. The summed E-state index contributed by atoms with van der Waals surface area (Å²) in [7, 11) is 0. The highest BCUT2D eigenvalue weighted by Gasteiger charge is 2.10. The maximum atomic E-state index is 11.6. The molecule has 0 aromatic heterocycles. The number of morpholine rings is 1. The first kappa shape index (κ1) is 17.8. The Morgan fingerprint density at radius 1 is 1.29 bits per heavy atom. The largest absolute Gasteiger partial charge is 0.484 e. The van der Waals surface area contributed by atoms with Gasteiger partial charge in [-0.2, -0.15) is 0 Å². The monoisotopic (exact) mass is 314 g/mol. The van der Waals surface area contributed by atoms with Crippen molar-refractivity contribution in [2.45, 2.75) is 6.92 Å². The minimum atomic E-state index is -0.0844.